The van der Waals surface area contributed by atoms with Gasteiger partial charge in [0, 0.05) is 29.5 Å². The molecular weight excluding hydrogens is 391 g/mol. The predicted molar refractivity (Wildman–Crippen MR) is 111 cm³/mol. The maximum absolute atomic E-state index is 13.5. The highest BCUT2D eigenvalue weighted by Gasteiger charge is 2.32. The van der Waals surface area contributed by atoms with E-state index in [4.69, 9.17) is 16.4 Å². The van der Waals surface area contributed by atoms with Crippen molar-refractivity contribution in [3.63, 3.8) is 0 Å². The van der Waals surface area contributed by atoms with Gasteiger partial charge in [0.15, 0.2) is 6.10 Å². The zero-order valence-electron chi connectivity index (χ0n) is 16.2. The molecule has 0 radical (unpaired) electrons. The number of amides is 1. The van der Waals surface area contributed by atoms with Gasteiger partial charge in [0.05, 0.1) is 12.3 Å². The van der Waals surface area contributed by atoms with Crippen molar-refractivity contribution in [3.8, 4) is 0 Å². The van der Waals surface area contributed by atoms with Crippen molar-refractivity contribution in [2.75, 3.05) is 6.54 Å². The highest BCUT2D eigenvalue weighted by molar-refractivity contribution is 6.31. The molecule has 1 amide bonds. The standard InChI is InChI=1S/C23H24ClFN2O2/c24-21-11-4-3-8-18(21)14-27(23(28)16-6-1-2-7-16)15-20-13-22(26-29-20)17-9-5-10-19(25)12-17/h3-5,8-12,16,20H,1-2,6-7,13-15H2. The number of carbonyl (C=O) groups excluding carboxylic acids is 1. The Balaban J connectivity index is 1.47. The molecule has 0 aromatic heterocycles. The van der Waals surface area contributed by atoms with Crippen molar-refractivity contribution in [2.45, 2.75) is 44.8 Å². The fourth-order valence-corrected chi connectivity index (χ4v) is 4.30. The van der Waals surface area contributed by atoms with Crippen LogP contribution in [0.15, 0.2) is 53.7 Å². The molecule has 0 bridgehead atoms. The molecule has 6 heteroatoms. The molecule has 1 heterocycles. The predicted octanol–water partition coefficient (Wildman–Crippen LogP) is 5.19. The first-order valence-corrected chi connectivity index (χ1v) is 10.5. The number of hydrogen-bond donors (Lipinski definition) is 0. The summed E-state index contributed by atoms with van der Waals surface area (Å²) in [6.45, 7) is 0.882. The number of carbonyl (C=O) groups is 1. The Bertz CT molecular complexity index is 911. The van der Waals surface area contributed by atoms with Gasteiger partial charge in [-0.2, -0.15) is 0 Å². The van der Waals surface area contributed by atoms with E-state index in [9.17, 15) is 9.18 Å². The second kappa shape index (κ2) is 8.95. The van der Waals surface area contributed by atoms with Gasteiger partial charge in [-0.05, 0) is 36.6 Å². The van der Waals surface area contributed by atoms with Crippen molar-refractivity contribution in [3.05, 3.63) is 70.5 Å². The lowest BCUT2D eigenvalue weighted by Gasteiger charge is -2.28. The van der Waals surface area contributed by atoms with Gasteiger partial charge in [-0.1, -0.05) is 59.9 Å². The Kier molecular flexibility index (Phi) is 6.14. The third kappa shape index (κ3) is 4.78. The molecule has 1 unspecified atom stereocenters. The first kappa shape index (κ1) is 19.9. The smallest absolute Gasteiger partial charge is 0.226 e. The van der Waals surface area contributed by atoms with Crippen LogP contribution in [0, 0.1) is 11.7 Å². The minimum atomic E-state index is -0.301. The van der Waals surface area contributed by atoms with Crippen LogP contribution in [0.4, 0.5) is 4.39 Å². The van der Waals surface area contributed by atoms with Gasteiger partial charge in [-0.25, -0.2) is 4.39 Å². The number of oxime groups is 1. The van der Waals surface area contributed by atoms with Gasteiger partial charge < -0.3 is 9.74 Å². The molecule has 1 aliphatic heterocycles. The Hall–Kier alpha value is -2.40. The van der Waals surface area contributed by atoms with Gasteiger partial charge in [-0.3, -0.25) is 4.79 Å². The second-order valence-corrected chi connectivity index (χ2v) is 8.18. The summed E-state index contributed by atoms with van der Waals surface area (Å²) in [5, 5.41) is 4.80. The maximum Gasteiger partial charge on any atom is 0.226 e. The first-order valence-electron chi connectivity index (χ1n) is 10.1. The van der Waals surface area contributed by atoms with Crippen LogP contribution in [0.5, 0.6) is 0 Å². The van der Waals surface area contributed by atoms with Crippen LogP contribution in [-0.4, -0.2) is 29.2 Å². The molecule has 0 spiro atoms. The number of hydrogen-bond acceptors (Lipinski definition) is 3. The monoisotopic (exact) mass is 414 g/mol. The van der Waals surface area contributed by atoms with E-state index in [2.05, 4.69) is 5.16 Å². The topological polar surface area (TPSA) is 41.9 Å². The highest BCUT2D eigenvalue weighted by atomic mass is 35.5. The number of rotatable bonds is 6. The number of benzene rings is 2. The van der Waals surface area contributed by atoms with Crippen LogP contribution in [0.25, 0.3) is 0 Å². The number of nitrogens with zero attached hydrogens (tertiary/aromatic N) is 2. The van der Waals surface area contributed by atoms with E-state index in [0.717, 1.165) is 31.2 Å². The Morgan fingerprint density at radius 3 is 2.72 bits per heavy atom. The Morgan fingerprint density at radius 1 is 1.17 bits per heavy atom. The summed E-state index contributed by atoms with van der Waals surface area (Å²) in [7, 11) is 0. The summed E-state index contributed by atoms with van der Waals surface area (Å²) in [5.41, 5.74) is 2.34. The minimum absolute atomic E-state index is 0.0718. The third-order valence-corrected chi connectivity index (χ3v) is 6.02. The molecule has 1 atom stereocenters. The van der Waals surface area contributed by atoms with Gasteiger partial charge in [0.1, 0.15) is 5.82 Å². The quantitative estimate of drug-likeness (QED) is 0.652. The lowest BCUT2D eigenvalue weighted by atomic mass is 10.0. The van der Waals surface area contributed by atoms with E-state index in [0.29, 0.717) is 35.8 Å². The third-order valence-electron chi connectivity index (χ3n) is 5.65. The van der Waals surface area contributed by atoms with Gasteiger partial charge in [0.25, 0.3) is 0 Å². The average molecular weight is 415 g/mol. The Labute approximate surface area is 175 Å². The summed E-state index contributed by atoms with van der Waals surface area (Å²) < 4.78 is 13.5. The molecular formula is C23H24ClFN2O2. The molecule has 0 N–H and O–H groups in total. The van der Waals surface area contributed by atoms with E-state index in [1.165, 1.54) is 12.1 Å². The van der Waals surface area contributed by atoms with Crippen molar-refractivity contribution in [1.82, 2.24) is 4.90 Å². The summed E-state index contributed by atoms with van der Waals surface area (Å²) >= 11 is 6.34. The number of halogens is 2. The van der Waals surface area contributed by atoms with Crippen LogP contribution in [0.1, 0.15) is 43.2 Å². The van der Waals surface area contributed by atoms with Crippen molar-refractivity contribution in [1.29, 1.82) is 0 Å². The zero-order valence-corrected chi connectivity index (χ0v) is 16.9. The summed E-state index contributed by atoms with van der Waals surface area (Å²) in [6, 6.07) is 13.9. The van der Waals surface area contributed by atoms with E-state index in [1.54, 1.807) is 6.07 Å². The Morgan fingerprint density at radius 2 is 1.97 bits per heavy atom. The van der Waals surface area contributed by atoms with E-state index < -0.39 is 0 Å². The molecule has 152 valence electrons. The second-order valence-electron chi connectivity index (χ2n) is 7.77. The van der Waals surface area contributed by atoms with Gasteiger partial charge >= 0.3 is 0 Å². The molecule has 2 aromatic carbocycles. The van der Waals surface area contributed by atoms with Crippen molar-refractivity contribution < 1.29 is 14.0 Å². The summed E-state index contributed by atoms with van der Waals surface area (Å²) in [5.74, 6) is -0.0712. The van der Waals surface area contributed by atoms with Gasteiger partial charge in [0.2, 0.25) is 5.91 Å². The highest BCUT2D eigenvalue weighted by Crippen LogP contribution is 2.29. The molecule has 1 fully saturated rings. The first-order chi connectivity index (χ1) is 14.1. The zero-order chi connectivity index (χ0) is 20.2. The lowest BCUT2D eigenvalue weighted by Crippen LogP contribution is -2.40. The van der Waals surface area contributed by atoms with E-state index >= 15 is 0 Å². The van der Waals surface area contributed by atoms with Crippen LogP contribution in [0.2, 0.25) is 5.02 Å². The SMILES string of the molecule is O=C(C1CCCC1)N(Cc1ccccc1Cl)CC1CC(c2cccc(F)c2)=NO1. The van der Waals surface area contributed by atoms with Crippen LogP contribution >= 0.6 is 11.6 Å². The average Bonchev–Trinajstić information content (AvgIpc) is 3.41. The summed E-state index contributed by atoms with van der Waals surface area (Å²) in [4.78, 5) is 20.6. The molecule has 0 saturated heterocycles. The molecule has 2 aliphatic rings. The van der Waals surface area contributed by atoms with Crippen LogP contribution in [0.3, 0.4) is 0 Å². The van der Waals surface area contributed by atoms with E-state index in [-0.39, 0.29) is 23.7 Å². The molecule has 2 aromatic rings. The lowest BCUT2D eigenvalue weighted by molar-refractivity contribution is -0.137. The van der Waals surface area contributed by atoms with Crippen LogP contribution in [-0.2, 0) is 16.2 Å². The largest absolute Gasteiger partial charge is 0.390 e. The summed E-state index contributed by atoms with van der Waals surface area (Å²) in [6.07, 6.45) is 4.37. The maximum atomic E-state index is 13.5. The molecule has 1 saturated carbocycles. The van der Waals surface area contributed by atoms with Crippen molar-refractivity contribution >= 4 is 23.2 Å². The fraction of sp³-hybridized carbons (Fsp3) is 0.391. The van der Waals surface area contributed by atoms with Crippen LogP contribution < -0.4 is 0 Å². The molecule has 4 rings (SSSR count). The normalized spacial score (nSPS) is 19.1. The molecule has 4 nitrogen and oxygen atoms in total. The molecule has 29 heavy (non-hydrogen) atoms. The molecule has 1 aliphatic carbocycles. The fourth-order valence-electron chi connectivity index (χ4n) is 4.11. The van der Waals surface area contributed by atoms with Crippen molar-refractivity contribution in [2.24, 2.45) is 11.1 Å². The van der Waals surface area contributed by atoms with E-state index in [1.807, 2.05) is 35.2 Å². The van der Waals surface area contributed by atoms with Gasteiger partial charge in [-0.15, -0.1) is 0 Å². The minimum Gasteiger partial charge on any atom is -0.390 e.